The molecule has 0 aliphatic rings. The van der Waals surface area contributed by atoms with Crippen molar-refractivity contribution in [3.05, 3.63) is 0 Å². The Labute approximate surface area is 146 Å². The van der Waals surface area contributed by atoms with E-state index in [1.807, 2.05) is 27.7 Å². The summed E-state index contributed by atoms with van der Waals surface area (Å²) in [6.45, 7) is 8.65. The van der Waals surface area contributed by atoms with E-state index in [1.54, 1.807) is 0 Å². The number of carboxylic acids is 3. The fourth-order valence-corrected chi connectivity index (χ4v) is 1.28. The van der Waals surface area contributed by atoms with Crippen LogP contribution >= 0.6 is 0 Å². The normalized spacial score (nSPS) is 8.71. The van der Waals surface area contributed by atoms with Crippen LogP contribution in [0.5, 0.6) is 0 Å². The smallest absolute Gasteiger partial charge is 1.00 e. The van der Waals surface area contributed by atoms with Crippen LogP contribution in [0.3, 0.4) is 0 Å². The summed E-state index contributed by atoms with van der Waals surface area (Å²) in [5, 5.41) is 24.2. The van der Waals surface area contributed by atoms with Crippen LogP contribution in [0.15, 0.2) is 0 Å². The van der Waals surface area contributed by atoms with Crippen molar-refractivity contribution in [2.24, 2.45) is 11.8 Å². The second kappa shape index (κ2) is 19.2. The molecule has 0 saturated heterocycles. The van der Waals surface area contributed by atoms with E-state index in [4.69, 9.17) is 20.1 Å². The van der Waals surface area contributed by atoms with E-state index >= 15 is 0 Å². The SMILES string of the molecule is CC(=O)O.CCC(CC)C(=O)O.CCC(CC)C(=O)O.[H-].[H-].[Mg+2]. The quantitative estimate of drug-likeness (QED) is 0.649. The van der Waals surface area contributed by atoms with Gasteiger partial charge in [0.2, 0.25) is 0 Å². The van der Waals surface area contributed by atoms with Gasteiger partial charge in [-0.15, -0.1) is 0 Å². The second-order valence-electron chi connectivity index (χ2n) is 4.22. The Hall–Kier alpha value is -0.824. The van der Waals surface area contributed by atoms with E-state index in [9.17, 15) is 9.59 Å². The first kappa shape index (κ1) is 28.4. The molecule has 0 saturated carbocycles. The van der Waals surface area contributed by atoms with E-state index in [2.05, 4.69) is 0 Å². The molecule has 0 aliphatic carbocycles. The van der Waals surface area contributed by atoms with Gasteiger partial charge in [0.25, 0.3) is 5.97 Å². The summed E-state index contributed by atoms with van der Waals surface area (Å²) in [6, 6.07) is 0. The molecule has 0 atom stereocenters. The molecular weight excluding hydrogens is 288 g/mol. The topological polar surface area (TPSA) is 112 Å². The number of aliphatic carboxylic acids is 3. The van der Waals surface area contributed by atoms with Gasteiger partial charge in [0, 0.05) is 6.92 Å². The number of carboxylic acid groups (broad SMARTS) is 3. The summed E-state index contributed by atoms with van der Waals surface area (Å²) in [5.74, 6) is -2.44. The Bertz CT molecular complexity index is 256. The number of hydrogen-bond acceptors (Lipinski definition) is 3. The molecule has 21 heavy (non-hydrogen) atoms. The van der Waals surface area contributed by atoms with Crippen LogP contribution in [0.1, 0.15) is 63.2 Å². The van der Waals surface area contributed by atoms with Crippen LogP contribution < -0.4 is 0 Å². The summed E-state index contributed by atoms with van der Waals surface area (Å²) < 4.78 is 0. The average Bonchev–Trinajstić information content (AvgIpc) is 2.31. The van der Waals surface area contributed by atoms with Crippen molar-refractivity contribution in [2.75, 3.05) is 0 Å². The maximum atomic E-state index is 10.2. The Kier molecular flexibility index (Phi) is 25.9. The van der Waals surface area contributed by atoms with Crippen LogP contribution in [-0.2, 0) is 14.4 Å². The van der Waals surface area contributed by atoms with Gasteiger partial charge in [-0.1, -0.05) is 27.7 Å². The molecule has 0 amide bonds. The first-order valence-corrected chi connectivity index (χ1v) is 6.82. The van der Waals surface area contributed by atoms with Crippen LogP contribution in [0.2, 0.25) is 0 Å². The predicted octanol–water partition coefficient (Wildman–Crippen LogP) is 2.95. The first-order valence-electron chi connectivity index (χ1n) is 6.82. The zero-order valence-electron chi connectivity index (χ0n) is 15.8. The van der Waals surface area contributed by atoms with Crippen LogP contribution in [0.25, 0.3) is 0 Å². The standard InChI is InChI=1S/2C6H12O2.C2H4O2.Mg.2H/c2*1-3-5(4-2)6(7)8;1-2(3)4;;;/h2*5H,3-4H2,1-2H3,(H,7,8);1H3,(H,3,4);;;/q;;;+2;2*-1. The largest absolute Gasteiger partial charge is 2.00 e. The summed E-state index contributed by atoms with van der Waals surface area (Å²) >= 11 is 0. The molecule has 0 fully saturated rings. The summed E-state index contributed by atoms with van der Waals surface area (Å²) in [4.78, 5) is 29.3. The third-order valence-corrected chi connectivity index (χ3v) is 2.67. The summed E-state index contributed by atoms with van der Waals surface area (Å²) in [5.41, 5.74) is 0. The van der Waals surface area contributed by atoms with Crippen LogP contribution in [0.4, 0.5) is 0 Å². The molecule has 0 radical (unpaired) electrons. The van der Waals surface area contributed by atoms with E-state index < -0.39 is 17.9 Å². The molecule has 0 bridgehead atoms. The van der Waals surface area contributed by atoms with Gasteiger partial charge in [0.15, 0.2) is 0 Å². The number of hydrogen-bond donors (Lipinski definition) is 3. The number of carbonyl (C=O) groups is 3. The monoisotopic (exact) mass is 318 g/mol. The van der Waals surface area contributed by atoms with Crippen molar-refractivity contribution in [3.63, 3.8) is 0 Å². The van der Waals surface area contributed by atoms with Gasteiger partial charge in [-0.2, -0.15) is 0 Å². The minimum Gasteiger partial charge on any atom is -1.00 e. The molecule has 0 aromatic carbocycles. The van der Waals surface area contributed by atoms with Gasteiger partial charge in [-0.3, -0.25) is 14.4 Å². The molecule has 3 N–H and O–H groups in total. The Morgan fingerprint density at radius 1 is 0.762 bits per heavy atom. The predicted molar refractivity (Wildman–Crippen MR) is 84.7 cm³/mol. The molecular formula is C14H30MgO6. The molecule has 0 unspecified atom stereocenters. The summed E-state index contributed by atoms with van der Waals surface area (Å²) in [7, 11) is 0. The van der Waals surface area contributed by atoms with Gasteiger partial charge in [-0.25, -0.2) is 0 Å². The fourth-order valence-electron chi connectivity index (χ4n) is 1.28. The average molecular weight is 319 g/mol. The molecule has 0 spiro atoms. The maximum absolute atomic E-state index is 10.2. The molecule has 0 rings (SSSR count). The van der Waals surface area contributed by atoms with Crippen molar-refractivity contribution in [2.45, 2.75) is 60.3 Å². The van der Waals surface area contributed by atoms with Gasteiger partial charge in [-0.05, 0) is 25.7 Å². The fraction of sp³-hybridized carbons (Fsp3) is 0.786. The molecule has 0 heterocycles. The van der Waals surface area contributed by atoms with Crippen molar-refractivity contribution >= 4 is 41.0 Å². The van der Waals surface area contributed by atoms with Crippen molar-refractivity contribution in [1.82, 2.24) is 0 Å². The van der Waals surface area contributed by atoms with Gasteiger partial charge < -0.3 is 18.2 Å². The van der Waals surface area contributed by atoms with E-state index in [-0.39, 0.29) is 37.7 Å². The molecule has 6 nitrogen and oxygen atoms in total. The van der Waals surface area contributed by atoms with E-state index in [0.717, 1.165) is 32.6 Å². The van der Waals surface area contributed by atoms with Gasteiger partial charge in [0.1, 0.15) is 0 Å². The zero-order valence-corrected chi connectivity index (χ0v) is 15.2. The molecule has 0 aliphatic heterocycles. The zero-order chi connectivity index (χ0) is 16.7. The molecule has 0 aromatic heterocycles. The molecule has 7 heteroatoms. The Morgan fingerprint density at radius 2 is 0.905 bits per heavy atom. The van der Waals surface area contributed by atoms with Gasteiger partial charge in [0.05, 0.1) is 11.8 Å². The van der Waals surface area contributed by atoms with Crippen LogP contribution in [-0.4, -0.2) is 56.3 Å². The maximum Gasteiger partial charge on any atom is 2.00 e. The minimum absolute atomic E-state index is 0. The first-order chi connectivity index (χ1) is 9.17. The van der Waals surface area contributed by atoms with Crippen molar-refractivity contribution in [1.29, 1.82) is 0 Å². The second-order valence-corrected chi connectivity index (χ2v) is 4.22. The van der Waals surface area contributed by atoms with Gasteiger partial charge >= 0.3 is 35.0 Å². The van der Waals surface area contributed by atoms with Crippen LogP contribution in [0, 0.1) is 11.8 Å². The number of rotatable bonds is 6. The van der Waals surface area contributed by atoms with Crippen molar-refractivity contribution < 1.29 is 32.6 Å². The molecule has 124 valence electrons. The third-order valence-electron chi connectivity index (χ3n) is 2.67. The molecule has 0 aromatic rings. The third kappa shape index (κ3) is 24.6. The van der Waals surface area contributed by atoms with E-state index in [1.165, 1.54) is 0 Å². The summed E-state index contributed by atoms with van der Waals surface area (Å²) in [6.07, 6.45) is 2.97. The minimum atomic E-state index is -0.833. The Morgan fingerprint density at radius 3 is 0.905 bits per heavy atom. The Balaban J connectivity index is -0.0000000464. The van der Waals surface area contributed by atoms with E-state index in [0.29, 0.717) is 0 Å². The van der Waals surface area contributed by atoms with Crippen molar-refractivity contribution in [3.8, 4) is 0 Å².